The van der Waals surface area contributed by atoms with Crippen LogP contribution in [-0.4, -0.2) is 40.8 Å². The normalized spacial score (nSPS) is 20.9. The SMILES string of the molecule is CCOC(=O)C1CCCN(Cc2nnc(Cl)s2)C1. The molecule has 2 heterocycles. The van der Waals surface area contributed by atoms with Crippen LogP contribution in [0.25, 0.3) is 0 Å². The van der Waals surface area contributed by atoms with E-state index in [9.17, 15) is 4.79 Å². The maximum atomic E-state index is 11.7. The summed E-state index contributed by atoms with van der Waals surface area (Å²) in [6.45, 7) is 4.70. The highest BCUT2D eigenvalue weighted by Gasteiger charge is 2.27. The third-order valence-corrected chi connectivity index (χ3v) is 3.93. The smallest absolute Gasteiger partial charge is 0.310 e. The van der Waals surface area contributed by atoms with E-state index in [-0.39, 0.29) is 11.9 Å². The van der Waals surface area contributed by atoms with Crippen LogP contribution in [0.4, 0.5) is 0 Å². The number of likely N-dealkylation sites (tertiary alicyclic amines) is 1. The van der Waals surface area contributed by atoms with Crippen LogP contribution in [0.15, 0.2) is 0 Å². The molecule has 0 N–H and O–H groups in total. The Morgan fingerprint density at radius 3 is 3.11 bits per heavy atom. The number of carbonyl (C=O) groups is 1. The van der Waals surface area contributed by atoms with Gasteiger partial charge in [-0.05, 0) is 37.9 Å². The number of ether oxygens (including phenoxy) is 1. The van der Waals surface area contributed by atoms with Crippen molar-refractivity contribution in [3.05, 3.63) is 9.47 Å². The number of halogens is 1. The molecule has 0 aliphatic carbocycles. The van der Waals surface area contributed by atoms with Gasteiger partial charge in [0.05, 0.1) is 19.1 Å². The molecule has 1 saturated heterocycles. The minimum Gasteiger partial charge on any atom is -0.466 e. The Labute approximate surface area is 115 Å². The van der Waals surface area contributed by atoms with Gasteiger partial charge in [0.25, 0.3) is 0 Å². The Morgan fingerprint density at radius 2 is 2.44 bits per heavy atom. The molecule has 1 aromatic rings. The Morgan fingerprint density at radius 1 is 1.61 bits per heavy atom. The Kier molecular flexibility index (Phi) is 4.91. The third kappa shape index (κ3) is 3.63. The van der Waals surface area contributed by atoms with Gasteiger partial charge in [-0.25, -0.2) is 0 Å². The van der Waals surface area contributed by atoms with Crippen molar-refractivity contribution >= 4 is 28.9 Å². The largest absolute Gasteiger partial charge is 0.466 e. The number of piperidine rings is 1. The topological polar surface area (TPSA) is 55.3 Å². The maximum absolute atomic E-state index is 11.7. The molecule has 0 amide bonds. The summed E-state index contributed by atoms with van der Waals surface area (Å²) in [4.78, 5) is 13.9. The Balaban J connectivity index is 1.88. The highest BCUT2D eigenvalue weighted by molar-refractivity contribution is 7.15. The van der Waals surface area contributed by atoms with Crippen molar-refractivity contribution in [2.24, 2.45) is 5.92 Å². The van der Waals surface area contributed by atoms with Gasteiger partial charge in [0.1, 0.15) is 5.01 Å². The van der Waals surface area contributed by atoms with Crippen molar-refractivity contribution in [2.75, 3.05) is 19.7 Å². The molecule has 0 bridgehead atoms. The van der Waals surface area contributed by atoms with Gasteiger partial charge in [0, 0.05) is 6.54 Å². The molecule has 1 fully saturated rings. The van der Waals surface area contributed by atoms with E-state index < -0.39 is 0 Å². The average molecular weight is 290 g/mol. The predicted molar refractivity (Wildman–Crippen MR) is 69.6 cm³/mol. The first-order valence-corrected chi connectivity index (χ1v) is 7.25. The monoisotopic (exact) mass is 289 g/mol. The number of rotatable bonds is 4. The van der Waals surface area contributed by atoms with Crippen molar-refractivity contribution in [3.8, 4) is 0 Å². The summed E-state index contributed by atoms with van der Waals surface area (Å²) in [7, 11) is 0. The lowest BCUT2D eigenvalue weighted by Crippen LogP contribution is -2.38. The average Bonchev–Trinajstić information content (AvgIpc) is 2.75. The highest BCUT2D eigenvalue weighted by atomic mass is 35.5. The van der Waals surface area contributed by atoms with Crippen LogP contribution >= 0.6 is 22.9 Å². The molecule has 1 aliphatic rings. The molecule has 1 atom stereocenters. The first kappa shape index (κ1) is 13.7. The second kappa shape index (κ2) is 6.45. The van der Waals surface area contributed by atoms with Crippen LogP contribution in [0.3, 0.4) is 0 Å². The molecule has 7 heteroatoms. The third-order valence-electron chi connectivity index (χ3n) is 2.93. The second-order valence-corrected chi connectivity index (χ2v) is 5.92. The summed E-state index contributed by atoms with van der Waals surface area (Å²) in [5.41, 5.74) is 0. The molecule has 5 nitrogen and oxygen atoms in total. The summed E-state index contributed by atoms with van der Waals surface area (Å²) < 4.78 is 5.53. The Hall–Kier alpha value is -0.720. The number of nitrogens with zero attached hydrogens (tertiary/aromatic N) is 3. The van der Waals surface area contributed by atoms with E-state index >= 15 is 0 Å². The molecule has 0 radical (unpaired) electrons. The van der Waals surface area contributed by atoms with E-state index in [0.717, 1.165) is 30.9 Å². The van der Waals surface area contributed by atoms with Crippen molar-refractivity contribution in [1.29, 1.82) is 0 Å². The fourth-order valence-corrected chi connectivity index (χ4v) is 3.05. The fourth-order valence-electron chi connectivity index (χ4n) is 2.14. The Bertz CT molecular complexity index is 413. The summed E-state index contributed by atoms with van der Waals surface area (Å²) in [6.07, 6.45) is 1.92. The lowest BCUT2D eigenvalue weighted by molar-refractivity contribution is -0.150. The molecule has 1 aliphatic heterocycles. The van der Waals surface area contributed by atoms with E-state index in [1.54, 1.807) is 0 Å². The first-order chi connectivity index (χ1) is 8.69. The van der Waals surface area contributed by atoms with Gasteiger partial charge in [-0.2, -0.15) is 0 Å². The van der Waals surface area contributed by atoms with Crippen molar-refractivity contribution in [3.63, 3.8) is 0 Å². The first-order valence-electron chi connectivity index (χ1n) is 6.06. The zero-order chi connectivity index (χ0) is 13.0. The molecule has 0 spiro atoms. The van der Waals surface area contributed by atoms with E-state index in [1.165, 1.54) is 11.3 Å². The number of aromatic nitrogens is 2. The van der Waals surface area contributed by atoms with Crippen LogP contribution in [0.2, 0.25) is 4.47 Å². The summed E-state index contributed by atoms with van der Waals surface area (Å²) >= 11 is 7.14. The maximum Gasteiger partial charge on any atom is 0.310 e. The van der Waals surface area contributed by atoms with Gasteiger partial charge in [-0.15, -0.1) is 10.2 Å². The molecule has 100 valence electrons. The van der Waals surface area contributed by atoms with Crippen molar-refractivity contribution in [2.45, 2.75) is 26.3 Å². The van der Waals surface area contributed by atoms with Gasteiger partial charge in [-0.3, -0.25) is 9.69 Å². The summed E-state index contributed by atoms with van der Waals surface area (Å²) in [6, 6.07) is 0. The predicted octanol–water partition coefficient (Wildman–Crippen LogP) is 1.97. The molecular weight excluding hydrogens is 274 g/mol. The van der Waals surface area contributed by atoms with E-state index in [2.05, 4.69) is 15.1 Å². The minimum absolute atomic E-state index is 0.0120. The molecule has 0 aromatic carbocycles. The van der Waals surface area contributed by atoms with Gasteiger partial charge < -0.3 is 4.74 Å². The molecule has 0 saturated carbocycles. The number of hydrogen-bond donors (Lipinski definition) is 0. The van der Waals surface area contributed by atoms with E-state index in [4.69, 9.17) is 16.3 Å². The van der Waals surface area contributed by atoms with Gasteiger partial charge >= 0.3 is 5.97 Å². The van der Waals surface area contributed by atoms with Crippen LogP contribution < -0.4 is 0 Å². The van der Waals surface area contributed by atoms with E-state index in [0.29, 0.717) is 17.6 Å². The summed E-state index contributed by atoms with van der Waals surface area (Å²) in [5.74, 6) is -0.0976. The van der Waals surface area contributed by atoms with Crippen molar-refractivity contribution in [1.82, 2.24) is 15.1 Å². The molecule has 1 aromatic heterocycles. The fraction of sp³-hybridized carbons (Fsp3) is 0.727. The van der Waals surface area contributed by atoms with Crippen molar-refractivity contribution < 1.29 is 9.53 Å². The zero-order valence-corrected chi connectivity index (χ0v) is 11.8. The summed E-state index contributed by atoms with van der Waals surface area (Å²) in [5, 5.41) is 8.67. The minimum atomic E-state index is -0.0857. The number of hydrogen-bond acceptors (Lipinski definition) is 6. The van der Waals surface area contributed by atoms with Gasteiger partial charge in [0.15, 0.2) is 0 Å². The molecule has 2 rings (SSSR count). The molecular formula is C11H16ClN3O2S. The lowest BCUT2D eigenvalue weighted by atomic mass is 9.98. The van der Waals surface area contributed by atoms with E-state index in [1.807, 2.05) is 6.92 Å². The zero-order valence-electron chi connectivity index (χ0n) is 10.3. The van der Waals surface area contributed by atoms with Crippen LogP contribution in [0.5, 0.6) is 0 Å². The second-order valence-electron chi connectivity index (χ2n) is 4.28. The van der Waals surface area contributed by atoms with Crippen LogP contribution in [0, 0.1) is 5.92 Å². The molecule has 18 heavy (non-hydrogen) atoms. The van der Waals surface area contributed by atoms with Gasteiger partial charge in [0.2, 0.25) is 4.47 Å². The lowest BCUT2D eigenvalue weighted by Gasteiger charge is -2.30. The van der Waals surface area contributed by atoms with Crippen LogP contribution in [-0.2, 0) is 16.1 Å². The highest BCUT2D eigenvalue weighted by Crippen LogP contribution is 2.22. The van der Waals surface area contributed by atoms with Gasteiger partial charge in [-0.1, -0.05) is 11.3 Å². The quantitative estimate of drug-likeness (QED) is 0.793. The standard InChI is InChI=1S/C11H16ClN3O2S/c1-2-17-10(16)8-4-3-5-15(6-8)7-9-13-14-11(12)18-9/h8H,2-7H2,1H3. The molecule has 1 unspecified atom stereocenters. The number of carbonyl (C=O) groups excluding carboxylic acids is 1. The van der Waals surface area contributed by atoms with Crippen LogP contribution in [0.1, 0.15) is 24.8 Å². The number of esters is 1.